The number of hydrogen-bond donors (Lipinski definition) is 3. The average Bonchev–Trinajstić information content (AvgIpc) is 2.77. The number of aromatic nitrogens is 1. The van der Waals surface area contributed by atoms with Gasteiger partial charge in [0.05, 0.1) is 21.7 Å². The van der Waals surface area contributed by atoms with Crippen LogP contribution >= 0.6 is 23.2 Å². The quantitative estimate of drug-likeness (QED) is 0.384. The summed E-state index contributed by atoms with van der Waals surface area (Å²) in [7, 11) is 0. The fourth-order valence-corrected chi connectivity index (χ4v) is 4.24. The van der Waals surface area contributed by atoms with E-state index in [1.807, 2.05) is 12.1 Å². The Morgan fingerprint density at radius 3 is 2.59 bits per heavy atom. The first-order chi connectivity index (χ1) is 15.5. The van der Waals surface area contributed by atoms with Crippen LogP contribution in [-0.4, -0.2) is 40.7 Å². The van der Waals surface area contributed by atoms with E-state index >= 15 is 0 Å². The predicted molar refractivity (Wildman–Crippen MR) is 125 cm³/mol. The van der Waals surface area contributed by atoms with Crippen LogP contribution < -0.4 is 15.4 Å². The van der Waals surface area contributed by atoms with Crippen molar-refractivity contribution >= 4 is 40.9 Å². The van der Waals surface area contributed by atoms with Gasteiger partial charge in [-0.1, -0.05) is 61.4 Å². The molecule has 2 aromatic rings. The van der Waals surface area contributed by atoms with Gasteiger partial charge in [-0.05, 0) is 37.1 Å². The van der Waals surface area contributed by atoms with Crippen LogP contribution in [0.4, 0.5) is 5.82 Å². The number of carboxylic acid groups (broad SMARTS) is 1. The van der Waals surface area contributed by atoms with Gasteiger partial charge in [0.15, 0.2) is 11.6 Å². The number of amides is 1. The zero-order chi connectivity index (χ0) is 22.9. The number of halogens is 2. The van der Waals surface area contributed by atoms with Gasteiger partial charge in [0.1, 0.15) is 12.6 Å². The molecule has 1 aromatic heterocycles. The van der Waals surface area contributed by atoms with E-state index in [0.29, 0.717) is 19.4 Å². The molecule has 1 aliphatic heterocycles. The van der Waals surface area contributed by atoms with Crippen LogP contribution in [0.3, 0.4) is 0 Å². The summed E-state index contributed by atoms with van der Waals surface area (Å²) in [6, 6.07) is 7.74. The first kappa shape index (κ1) is 24.1. The molecule has 2 atom stereocenters. The van der Waals surface area contributed by atoms with E-state index in [1.165, 1.54) is 0 Å². The minimum atomic E-state index is -1.07. The fourth-order valence-electron chi connectivity index (χ4n) is 3.67. The summed E-state index contributed by atoms with van der Waals surface area (Å²) in [6.07, 6.45) is 7.78. The monoisotopic (exact) mass is 479 g/mol. The van der Waals surface area contributed by atoms with Crippen LogP contribution in [-0.2, 0) is 4.79 Å². The van der Waals surface area contributed by atoms with Gasteiger partial charge in [0.2, 0.25) is 0 Å². The number of carbonyl (C=O) groups excluding carboxylic acids is 1. The maximum absolute atomic E-state index is 12.4. The van der Waals surface area contributed by atoms with Crippen molar-refractivity contribution in [2.75, 3.05) is 11.9 Å². The Bertz CT molecular complexity index is 921. The second kappa shape index (κ2) is 11.9. The number of fused-ring (bicyclic) bond motifs is 1. The van der Waals surface area contributed by atoms with Crippen LogP contribution in [0.25, 0.3) is 0 Å². The van der Waals surface area contributed by atoms with E-state index in [2.05, 4.69) is 15.6 Å². The van der Waals surface area contributed by atoms with Gasteiger partial charge in [-0.3, -0.25) is 4.79 Å². The molecule has 172 valence electrons. The summed E-state index contributed by atoms with van der Waals surface area (Å²) in [5.41, 5.74) is 0.0974. The zero-order valence-corrected chi connectivity index (χ0v) is 19.2. The van der Waals surface area contributed by atoms with Gasteiger partial charge in [0, 0.05) is 6.20 Å². The van der Waals surface area contributed by atoms with Crippen molar-refractivity contribution in [2.45, 2.75) is 57.0 Å². The molecule has 3 N–H and O–H groups in total. The highest BCUT2D eigenvalue weighted by molar-refractivity contribution is 6.39. The third-order valence-electron chi connectivity index (χ3n) is 5.39. The maximum atomic E-state index is 12.4. The number of hydrogen-bond acceptors (Lipinski definition) is 5. The highest BCUT2D eigenvalue weighted by Gasteiger charge is 2.23. The normalized spacial score (nSPS) is 15.8. The minimum Gasteiger partial charge on any atom is -0.488 e. The Kier molecular flexibility index (Phi) is 9.00. The standard InChI is InChI=1S/C23H27Cl2N3O4/c24-16-9-6-10-17(25)20(16)22(29)28-18(23(30)31)11-5-3-1-2-4-8-15-14-32-19-12-7-13-26-21(19)27-15/h6-7,9-10,12-13,15,18H,1-5,8,11,14H2,(H,26,27)(H,28,29)(H,30,31)/t15?,18-/m1/s1. The second-order valence-corrected chi connectivity index (χ2v) is 8.62. The summed E-state index contributed by atoms with van der Waals surface area (Å²) < 4.78 is 5.73. The average molecular weight is 480 g/mol. The maximum Gasteiger partial charge on any atom is 0.326 e. The molecule has 32 heavy (non-hydrogen) atoms. The van der Waals surface area contributed by atoms with Crippen LogP contribution in [0.15, 0.2) is 36.5 Å². The number of rotatable bonds is 11. The summed E-state index contributed by atoms with van der Waals surface area (Å²) >= 11 is 12.1. The van der Waals surface area contributed by atoms with Crippen molar-refractivity contribution in [1.29, 1.82) is 0 Å². The number of benzene rings is 1. The highest BCUT2D eigenvalue weighted by Crippen LogP contribution is 2.27. The number of carbonyl (C=O) groups is 2. The third-order valence-corrected chi connectivity index (χ3v) is 6.02. The molecular formula is C23H27Cl2N3O4. The molecule has 0 aliphatic carbocycles. The topological polar surface area (TPSA) is 101 Å². The lowest BCUT2D eigenvalue weighted by molar-refractivity contribution is -0.139. The SMILES string of the molecule is O=C(N[C@H](CCCCCCCC1COc2cccnc2N1)C(=O)O)c1c(Cl)cccc1Cl. The number of anilines is 1. The van der Waals surface area contributed by atoms with Gasteiger partial charge >= 0.3 is 5.97 Å². The van der Waals surface area contributed by atoms with Crippen molar-refractivity contribution < 1.29 is 19.4 Å². The molecule has 1 amide bonds. The molecule has 0 radical (unpaired) electrons. The third kappa shape index (κ3) is 6.74. The van der Waals surface area contributed by atoms with Crippen molar-refractivity contribution in [1.82, 2.24) is 10.3 Å². The zero-order valence-electron chi connectivity index (χ0n) is 17.7. The summed E-state index contributed by atoms with van der Waals surface area (Å²) in [6.45, 7) is 0.633. The second-order valence-electron chi connectivity index (χ2n) is 7.81. The molecule has 1 aromatic carbocycles. The Hall–Kier alpha value is -2.51. The van der Waals surface area contributed by atoms with E-state index in [0.717, 1.165) is 43.7 Å². The molecule has 2 heterocycles. The Balaban J connectivity index is 1.33. The Morgan fingerprint density at radius 2 is 1.84 bits per heavy atom. The fraction of sp³-hybridized carbons (Fsp3) is 0.435. The molecule has 0 fully saturated rings. The molecule has 1 unspecified atom stereocenters. The number of carboxylic acids is 1. The molecule has 7 nitrogen and oxygen atoms in total. The number of nitrogens with zero attached hydrogens (tertiary/aromatic N) is 1. The summed E-state index contributed by atoms with van der Waals surface area (Å²) in [5.74, 6) is -0.0609. The van der Waals surface area contributed by atoms with Crippen LogP contribution in [0.2, 0.25) is 10.0 Å². The summed E-state index contributed by atoms with van der Waals surface area (Å²) in [4.78, 5) is 28.3. The molecule has 9 heteroatoms. The predicted octanol–water partition coefficient (Wildman–Crippen LogP) is 5.18. The van der Waals surface area contributed by atoms with Crippen LogP contribution in [0, 0.1) is 0 Å². The smallest absolute Gasteiger partial charge is 0.326 e. The van der Waals surface area contributed by atoms with Gasteiger partial charge in [0.25, 0.3) is 5.91 Å². The van der Waals surface area contributed by atoms with E-state index < -0.39 is 17.9 Å². The highest BCUT2D eigenvalue weighted by atomic mass is 35.5. The minimum absolute atomic E-state index is 0.0974. The van der Waals surface area contributed by atoms with Crippen molar-refractivity contribution in [3.8, 4) is 5.75 Å². The van der Waals surface area contributed by atoms with E-state index in [-0.39, 0.29) is 21.7 Å². The number of ether oxygens (including phenoxy) is 1. The van der Waals surface area contributed by atoms with Gasteiger partial charge in [-0.15, -0.1) is 0 Å². The molecule has 0 spiro atoms. The Morgan fingerprint density at radius 1 is 1.12 bits per heavy atom. The van der Waals surface area contributed by atoms with E-state index in [9.17, 15) is 14.7 Å². The number of unbranched alkanes of at least 4 members (excludes halogenated alkanes) is 4. The first-order valence-electron chi connectivity index (χ1n) is 10.8. The van der Waals surface area contributed by atoms with Gasteiger partial charge < -0.3 is 20.5 Å². The molecular weight excluding hydrogens is 453 g/mol. The van der Waals surface area contributed by atoms with E-state index in [1.54, 1.807) is 24.4 Å². The van der Waals surface area contributed by atoms with Gasteiger partial charge in [-0.25, -0.2) is 9.78 Å². The lowest BCUT2D eigenvalue weighted by Crippen LogP contribution is -2.41. The summed E-state index contributed by atoms with van der Waals surface area (Å²) in [5, 5.41) is 15.8. The van der Waals surface area contributed by atoms with E-state index in [4.69, 9.17) is 27.9 Å². The number of nitrogens with one attached hydrogen (secondary N) is 2. The van der Waals surface area contributed by atoms with Crippen molar-refractivity contribution in [3.05, 3.63) is 52.1 Å². The largest absolute Gasteiger partial charge is 0.488 e. The number of aliphatic carboxylic acids is 1. The molecule has 0 bridgehead atoms. The molecule has 0 saturated heterocycles. The van der Waals surface area contributed by atoms with Crippen molar-refractivity contribution in [3.63, 3.8) is 0 Å². The Labute approximate surface area is 197 Å². The number of pyridine rings is 1. The first-order valence-corrected chi connectivity index (χ1v) is 11.5. The van der Waals surface area contributed by atoms with Gasteiger partial charge in [-0.2, -0.15) is 0 Å². The van der Waals surface area contributed by atoms with Crippen LogP contribution in [0.5, 0.6) is 5.75 Å². The molecule has 3 rings (SSSR count). The molecule has 0 saturated carbocycles. The lowest BCUT2D eigenvalue weighted by Gasteiger charge is -2.26. The lowest BCUT2D eigenvalue weighted by atomic mass is 10.0. The van der Waals surface area contributed by atoms with Crippen LogP contribution in [0.1, 0.15) is 55.3 Å². The molecule has 1 aliphatic rings. The van der Waals surface area contributed by atoms with Crippen molar-refractivity contribution in [2.24, 2.45) is 0 Å².